The fourth-order valence-corrected chi connectivity index (χ4v) is 0.882. The van der Waals surface area contributed by atoms with Gasteiger partial charge < -0.3 is 4.74 Å². The van der Waals surface area contributed by atoms with Gasteiger partial charge in [-0.3, -0.25) is 4.79 Å². The molecule has 0 bridgehead atoms. The Balaban J connectivity index is 3.00. The predicted octanol–water partition coefficient (Wildman–Crippen LogP) is 2.40. The van der Waals surface area contributed by atoms with Gasteiger partial charge in [0.15, 0.2) is 5.75 Å². The van der Waals surface area contributed by atoms with E-state index in [2.05, 4.69) is 4.74 Å². The molecule has 4 heteroatoms. The van der Waals surface area contributed by atoms with Crippen molar-refractivity contribution in [2.45, 2.75) is 6.92 Å². The summed E-state index contributed by atoms with van der Waals surface area (Å²) in [6, 6.07) is 4.03. The summed E-state index contributed by atoms with van der Waals surface area (Å²) in [4.78, 5) is 10.5. The van der Waals surface area contributed by atoms with E-state index in [4.69, 9.17) is 11.6 Å². The molecular weight excluding hydrogens is 183 g/mol. The van der Waals surface area contributed by atoms with E-state index in [9.17, 15) is 9.18 Å². The van der Waals surface area contributed by atoms with Gasteiger partial charge >= 0.3 is 5.97 Å². The molecule has 0 spiro atoms. The van der Waals surface area contributed by atoms with Gasteiger partial charge in [0.25, 0.3) is 0 Å². The molecule has 0 aromatic heterocycles. The molecule has 0 aliphatic carbocycles. The molecule has 0 saturated carbocycles. The maximum Gasteiger partial charge on any atom is 0.308 e. The lowest BCUT2D eigenvalue weighted by atomic mass is 10.3. The SMILES string of the molecule is CC(=O)Oc1cccc(F)c1Cl. The van der Waals surface area contributed by atoms with Crippen molar-refractivity contribution in [3.8, 4) is 5.75 Å². The normalized spacial score (nSPS) is 9.58. The Bertz CT molecular complexity index is 312. The van der Waals surface area contributed by atoms with Gasteiger partial charge in [-0.2, -0.15) is 0 Å². The van der Waals surface area contributed by atoms with Crippen molar-refractivity contribution in [3.63, 3.8) is 0 Å². The van der Waals surface area contributed by atoms with Crippen LogP contribution < -0.4 is 4.74 Å². The molecule has 0 saturated heterocycles. The molecular formula is C8H6ClFO2. The van der Waals surface area contributed by atoms with Crippen molar-refractivity contribution in [2.75, 3.05) is 0 Å². The highest BCUT2D eigenvalue weighted by atomic mass is 35.5. The van der Waals surface area contributed by atoms with Crippen LogP contribution in [0.3, 0.4) is 0 Å². The minimum absolute atomic E-state index is 0.0455. The van der Waals surface area contributed by atoms with Crippen LogP contribution in [0.5, 0.6) is 5.75 Å². The molecule has 0 unspecified atom stereocenters. The summed E-state index contributed by atoms with van der Waals surface area (Å²) in [5.41, 5.74) is 0. The summed E-state index contributed by atoms with van der Waals surface area (Å²) in [5, 5.41) is -0.173. The third kappa shape index (κ3) is 1.95. The maximum atomic E-state index is 12.7. The molecule has 1 aromatic rings. The van der Waals surface area contributed by atoms with Crippen molar-refractivity contribution in [1.82, 2.24) is 0 Å². The number of hydrogen-bond donors (Lipinski definition) is 0. The monoisotopic (exact) mass is 188 g/mol. The molecule has 0 N–H and O–H groups in total. The Morgan fingerprint density at radius 2 is 2.25 bits per heavy atom. The highest BCUT2D eigenvalue weighted by Crippen LogP contribution is 2.26. The van der Waals surface area contributed by atoms with Crippen molar-refractivity contribution < 1.29 is 13.9 Å². The van der Waals surface area contributed by atoms with Crippen LogP contribution in [0.2, 0.25) is 5.02 Å². The molecule has 0 amide bonds. The topological polar surface area (TPSA) is 26.3 Å². The lowest BCUT2D eigenvalue weighted by molar-refractivity contribution is -0.131. The van der Waals surface area contributed by atoms with Crippen LogP contribution in [0.25, 0.3) is 0 Å². The Morgan fingerprint density at radius 1 is 1.58 bits per heavy atom. The van der Waals surface area contributed by atoms with Crippen LogP contribution in [0.1, 0.15) is 6.92 Å². The van der Waals surface area contributed by atoms with Gasteiger partial charge in [0, 0.05) is 6.92 Å². The van der Waals surface area contributed by atoms with Gasteiger partial charge in [0.2, 0.25) is 0 Å². The third-order valence-electron chi connectivity index (χ3n) is 1.17. The molecule has 0 radical (unpaired) electrons. The summed E-state index contributed by atoms with van der Waals surface area (Å²) >= 11 is 5.49. The van der Waals surface area contributed by atoms with Gasteiger partial charge in [-0.25, -0.2) is 4.39 Å². The second-order valence-corrected chi connectivity index (χ2v) is 2.52. The first-order chi connectivity index (χ1) is 5.61. The Kier molecular flexibility index (Phi) is 2.65. The Hall–Kier alpha value is -1.09. The van der Waals surface area contributed by atoms with E-state index in [0.717, 1.165) is 0 Å². The second-order valence-electron chi connectivity index (χ2n) is 2.15. The van der Waals surface area contributed by atoms with Crippen LogP contribution in [-0.4, -0.2) is 5.97 Å². The Labute approximate surface area is 73.9 Å². The zero-order valence-electron chi connectivity index (χ0n) is 6.30. The number of carbonyl (C=O) groups is 1. The highest BCUT2D eigenvalue weighted by Gasteiger charge is 2.07. The van der Waals surface area contributed by atoms with Gasteiger partial charge in [-0.15, -0.1) is 0 Å². The summed E-state index contributed by atoms with van der Waals surface area (Å²) in [6.45, 7) is 1.22. The molecule has 1 rings (SSSR count). The molecule has 0 atom stereocenters. The second kappa shape index (κ2) is 3.54. The molecule has 1 aromatic carbocycles. The first-order valence-electron chi connectivity index (χ1n) is 3.23. The summed E-state index contributed by atoms with van der Waals surface area (Å²) in [5.74, 6) is -1.08. The lowest BCUT2D eigenvalue weighted by Crippen LogP contribution is -2.02. The smallest absolute Gasteiger partial charge is 0.308 e. The summed E-state index contributed by atoms with van der Waals surface area (Å²) in [6.07, 6.45) is 0. The number of rotatable bonds is 1. The largest absolute Gasteiger partial charge is 0.425 e. The third-order valence-corrected chi connectivity index (χ3v) is 1.54. The number of ether oxygens (including phenoxy) is 1. The van der Waals surface area contributed by atoms with Crippen molar-refractivity contribution in [1.29, 1.82) is 0 Å². The Morgan fingerprint density at radius 3 is 2.83 bits per heavy atom. The molecule has 0 heterocycles. The van der Waals surface area contributed by atoms with E-state index < -0.39 is 11.8 Å². The zero-order chi connectivity index (χ0) is 9.14. The minimum Gasteiger partial charge on any atom is -0.425 e. The number of hydrogen-bond acceptors (Lipinski definition) is 2. The van der Waals surface area contributed by atoms with Crippen LogP contribution in [0.4, 0.5) is 4.39 Å². The van der Waals surface area contributed by atoms with Gasteiger partial charge in [0.1, 0.15) is 10.8 Å². The fraction of sp³-hybridized carbons (Fsp3) is 0.125. The van der Waals surface area contributed by atoms with Crippen LogP contribution >= 0.6 is 11.6 Å². The van der Waals surface area contributed by atoms with E-state index in [-0.39, 0.29) is 10.8 Å². The van der Waals surface area contributed by atoms with Crippen molar-refractivity contribution in [2.24, 2.45) is 0 Å². The molecule has 0 aliphatic rings. The summed E-state index contributed by atoms with van der Waals surface area (Å²) < 4.78 is 17.3. The maximum absolute atomic E-state index is 12.7. The van der Waals surface area contributed by atoms with Crippen LogP contribution in [0.15, 0.2) is 18.2 Å². The standard InChI is InChI=1S/C8H6ClFO2/c1-5(11)12-7-4-2-3-6(10)8(7)9/h2-4H,1H3. The van der Waals surface area contributed by atoms with E-state index in [1.807, 2.05) is 0 Å². The van der Waals surface area contributed by atoms with E-state index in [1.54, 1.807) is 0 Å². The minimum atomic E-state index is -0.601. The predicted molar refractivity (Wildman–Crippen MR) is 42.7 cm³/mol. The molecule has 64 valence electrons. The quantitative estimate of drug-likeness (QED) is 0.500. The first kappa shape index (κ1) is 9.00. The highest BCUT2D eigenvalue weighted by molar-refractivity contribution is 6.32. The molecule has 12 heavy (non-hydrogen) atoms. The number of carbonyl (C=O) groups excluding carboxylic acids is 1. The lowest BCUT2D eigenvalue weighted by Gasteiger charge is -2.02. The van der Waals surface area contributed by atoms with Gasteiger partial charge in [0.05, 0.1) is 0 Å². The fourth-order valence-electron chi connectivity index (χ4n) is 0.718. The van der Waals surface area contributed by atoms with Crippen LogP contribution in [-0.2, 0) is 4.79 Å². The van der Waals surface area contributed by atoms with E-state index >= 15 is 0 Å². The van der Waals surface area contributed by atoms with Crippen molar-refractivity contribution >= 4 is 17.6 Å². The van der Waals surface area contributed by atoms with Gasteiger partial charge in [-0.1, -0.05) is 17.7 Å². The molecule has 2 nitrogen and oxygen atoms in total. The van der Waals surface area contributed by atoms with E-state index in [1.165, 1.54) is 25.1 Å². The average molecular weight is 189 g/mol. The van der Waals surface area contributed by atoms with Crippen LogP contribution in [0, 0.1) is 5.82 Å². The van der Waals surface area contributed by atoms with Crippen molar-refractivity contribution in [3.05, 3.63) is 29.0 Å². The molecule has 0 fully saturated rings. The number of esters is 1. The van der Waals surface area contributed by atoms with E-state index in [0.29, 0.717) is 0 Å². The molecule has 0 aliphatic heterocycles. The first-order valence-corrected chi connectivity index (χ1v) is 3.61. The number of halogens is 2. The number of benzene rings is 1. The zero-order valence-corrected chi connectivity index (χ0v) is 7.06. The average Bonchev–Trinajstić information content (AvgIpc) is 1.98. The van der Waals surface area contributed by atoms with Gasteiger partial charge in [-0.05, 0) is 12.1 Å². The summed E-state index contributed by atoms with van der Waals surface area (Å²) in [7, 11) is 0.